The normalized spacial score (nSPS) is 29.2. The summed E-state index contributed by atoms with van der Waals surface area (Å²) in [6.07, 6.45) is 0.0636. The van der Waals surface area contributed by atoms with Gasteiger partial charge in [-0.1, -0.05) is 0 Å². The number of aliphatic hydroxyl groups is 1. The largest absolute Gasteiger partial charge is 0.444 e. The quantitative estimate of drug-likeness (QED) is 0.786. The SMILES string of the molecule is CC1OCCC1(O)CNC1=NCCN(C(=O)OC(C)(C)C)C1. The number of rotatable bonds is 2. The fourth-order valence-corrected chi connectivity index (χ4v) is 2.47. The average molecular weight is 313 g/mol. The monoisotopic (exact) mass is 313 g/mol. The molecule has 2 aliphatic heterocycles. The van der Waals surface area contributed by atoms with Crippen molar-refractivity contribution in [3.8, 4) is 0 Å². The summed E-state index contributed by atoms with van der Waals surface area (Å²) in [5.74, 6) is 0.699. The van der Waals surface area contributed by atoms with Gasteiger partial charge < -0.3 is 19.9 Å². The lowest BCUT2D eigenvalue weighted by Gasteiger charge is -2.32. The summed E-state index contributed by atoms with van der Waals surface area (Å²) in [5, 5.41) is 13.6. The average Bonchev–Trinajstić information content (AvgIpc) is 2.75. The Balaban J connectivity index is 1.86. The molecule has 2 heterocycles. The van der Waals surface area contributed by atoms with E-state index in [0.717, 1.165) is 0 Å². The van der Waals surface area contributed by atoms with Crippen molar-refractivity contribution in [2.24, 2.45) is 4.99 Å². The number of hydrogen-bond acceptors (Lipinski definition) is 6. The van der Waals surface area contributed by atoms with Crippen molar-refractivity contribution in [2.45, 2.75) is 51.4 Å². The summed E-state index contributed by atoms with van der Waals surface area (Å²) in [7, 11) is 0. The van der Waals surface area contributed by atoms with Gasteiger partial charge in [0.1, 0.15) is 17.0 Å². The molecule has 1 saturated heterocycles. The Morgan fingerprint density at radius 3 is 2.91 bits per heavy atom. The van der Waals surface area contributed by atoms with Crippen molar-refractivity contribution in [1.29, 1.82) is 0 Å². The predicted molar refractivity (Wildman–Crippen MR) is 83.1 cm³/mol. The van der Waals surface area contributed by atoms with E-state index in [0.29, 0.717) is 45.0 Å². The zero-order chi connectivity index (χ0) is 16.4. The molecule has 2 rings (SSSR count). The zero-order valence-corrected chi connectivity index (χ0v) is 13.9. The Morgan fingerprint density at radius 1 is 1.59 bits per heavy atom. The molecule has 126 valence electrons. The minimum Gasteiger partial charge on any atom is -0.444 e. The smallest absolute Gasteiger partial charge is 0.410 e. The van der Waals surface area contributed by atoms with Crippen LogP contribution < -0.4 is 5.32 Å². The van der Waals surface area contributed by atoms with Gasteiger partial charge in [0.15, 0.2) is 0 Å². The van der Waals surface area contributed by atoms with Crippen LogP contribution in [0.5, 0.6) is 0 Å². The minimum atomic E-state index is -0.878. The molecule has 0 bridgehead atoms. The highest BCUT2D eigenvalue weighted by Crippen LogP contribution is 2.24. The van der Waals surface area contributed by atoms with Gasteiger partial charge in [-0.05, 0) is 27.7 Å². The summed E-state index contributed by atoms with van der Waals surface area (Å²) in [4.78, 5) is 18.1. The number of carbonyl (C=O) groups excluding carboxylic acids is 1. The molecule has 0 saturated carbocycles. The Bertz CT molecular complexity index is 447. The summed E-state index contributed by atoms with van der Waals surface area (Å²) in [6, 6.07) is 0. The van der Waals surface area contributed by atoms with Crippen LogP contribution in [-0.4, -0.2) is 72.0 Å². The Hall–Kier alpha value is -1.34. The van der Waals surface area contributed by atoms with Crippen LogP contribution >= 0.6 is 0 Å². The molecule has 0 aromatic rings. The van der Waals surface area contributed by atoms with Gasteiger partial charge in [-0.2, -0.15) is 0 Å². The minimum absolute atomic E-state index is 0.203. The lowest BCUT2D eigenvalue weighted by atomic mass is 9.97. The number of nitrogens with one attached hydrogen (secondary N) is 1. The molecule has 22 heavy (non-hydrogen) atoms. The van der Waals surface area contributed by atoms with Gasteiger partial charge in [0.2, 0.25) is 0 Å². The first-order valence-corrected chi connectivity index (χ1v) is 7.79. The lowest BCUT2D eigenvalue weighted by Crippen LogP contribution is -2.52. The van der Waals surface area contributed by atoms with Gasteiger partial charge in [-0.15, -0.1) is 0 Å². The van der Waals surface area contributed by atoms with E-state index in [2.05, 4.69) is 10.3 Å². The van der Waals surface area contributed by atoms with Gasteiger partial charge >= 0.3 is 6.09 Å². The second-order valence-corrected chi connectivity index (χ2v) is 6.95. The van der Waals surface area contributed by atoms with E-state index in [1.54, 1.807) is 4.90 Å². The van der Waals surface area contributed by atoms with Crippen molar-refractivity contribution in [3.63, 3.8) is 0 Å². The molecule has 7 heteroatoms. The molecule has 2 aliphatic rings. The fraction of sp³-hybridized carbons (Fsp3) is 0.867. The number of amidine groups is 1. The van der Waals surface area contributed by atoms with Gasteiger partial charge in [0.05, 0.1) is 19.2 Å². The number of amides is 1. The van der Waals surface area contributed by atoms with E-state index in [1.165, 1.54) is 0 Å². The topological polar surface area (TPSA) is 83.4 Å². The first-order chi connectivity index (χ1) is 10.2. The molecule has 1 fully saturated rings. The highest BCUT2D eigenvalue weighted by Gasteiger charge is 2.39. The molecule has 0 radical (unpaired) electrons. The Kier molecular flexibility index (Phi) is 4.97. The lowest BCUT2D eigenvalue weighted by molar-refractivity contribution is -0.0235. The fourth-order valence-electron chi connectivity index (χ4n) is 2.47. The van der Waals surface area contributed by atoms with Gasteiger partial charge in [-0.25, -0.2) is 4.79 Å². The molecule has 2 unspecified atom stereocenters. The molecular weight excluding hydrogens is 286 g/mol. The van der Waals surface area contributed by atoms with Crippen LogP contribution in [0, 0.1) is 0 Å². The number of hydrogen-bond donors (Lipinski definition) is 2. The van der Waals surface area contributed by atoms with Crippen molar-refractivity contribution >= 4 is 11.9 Å². The second kappa shape index (κ2) is 6.42. The first kappa shape index (κ1) is 17.0. The van der Waals surface area contributed by atoms with Crippen molar-refractivity contribution in [1.82, 2.24) is 10.2 Å². The van der Waals surface area contributed by atoms with E-state index in [-0.39, 0.29) is 12.2 Å². The highest BCUT2D eigenvalue weighted by molar-refractivity contribution is 5.87. The molecule has 0 spiro atoms. The zero-order valence-electron chi connectivity index (χ0n) is 13.9. The molecule has 1 amide bonds. The first-order valence-electron chi connectivity index (χ1n) is 7.79. The van der Waals surface area contributed by atoms with Crippen LogP contribution in [0.4, 0.5) is 4.79 Å². The van der Waals surface area contributed by atoms with Gasteiger partial charge in [0, 0.05) is 26.1 Å². The third kappa shape index (κ3) is 4.33. The van der Waals surface area contributed by atoms with Gasteiger partial charge in [-0.3, -0.25) is 9.89 Å². The third-order valence-corrected chi connectivity index (χ3v) is 3.92. The molecule has 0 aliphatic carbocycles. The summed E-state index contributed by atoms with van der Waals surface area (Å²) in [5.41, 5.74) is -1.39. The second-order valence-electron chi connectivity index (χ2n) is 6.95. The standard InChI is InChI=1S/C15H27N3O4/c1-11-15(20,5-8-21-11)10-17-12-9-18(7-6-16-12)13(19)22-14(2,3)4/h11,20H,5-10H2,1-4H3,(H,16,17). The molecule has 0 aromatic carbocycles. The van der Waals surface area contributed by atoms with Crippen LogP contribution in [0.1, 0.15) is 34.1 Å². The molecule has 2 N–H and O–H groups in total. The van der Waals surface area contributed by atoms with Crippen LogP contribution in [0.2, 0.25) is 0 Å². The van der Waals surface area contributed by atoms with E-state index < -0.39 is 11.2 Å². The number of nitrogens with zero attached hydrogens (tertiary/aromatic N) is 2. The van der Waals surface area contributed by atoms with E-state index in [9.17, 15) is 9.90 Å². The number of aliphatic imine (C=N–C) groups is 1. The molecule has 2 atom stereocenters. The van der Waals surface area contributed by atoms with Crippen molar-refractivity contribution in [2.75, 3.05) is 32.8 Å². The maximum absolute atomic E-state index is 12.1. The van der Waals surface area contributed by atoms with Gasteiger partial charge in [0.25, 0.3) is 0 Å². The summed E-state index contributed by atoms with van der Waals surface area (Å²) < 4.78 is 10.8. The molecule has 0 aromatic heterocycles. The predicted octanol–water partition coefficient (Wildman–Crippen LogP) is 0.765. The number of carbonyl (C=O) groups is 1. The van der Waals surface area contributed by atoms with Crippen LogP contribution in [-0.2, 0) is 9.47 Å². The Morgan fingerprint density at radius 2 is 2.32 bits per heavy atom. The Labute approximate surface area is 131 Å². The summed E-state index contributed by atoms with van der Waals surface area (Å²) in [6.45, 7) is 9.79. The third-order valence-electron chi connectivity index (χ3n) is 3.92. The maximum atomic E-state index is 12.1. The van der Waals surface area contributed by atoms with E-state index >= 15 is 0 Å². The highest BCUT2D eigenvalue weighted by atomic mass is 16.6. The molecule has 7 nitrogen and oxygen atoms in total. The van der Waals surface area contributed by atoms with E-state index in [1.807, 2.05) is 27.7 Å². The van der Waals surface area contributed by atoms with Crippen molar-refractivity contribution in [3.05, 3.63) is 0 Å². The van der Waals surface area contributed by atoms with E-state index in [4.69, 9.17) is 9.47 Å². The summed E-state index contributed by atoms with van der Waals surface area (Å²) >= 11 is 0. The number of ether oxygens (including phenoxy) is 2. The van der Waals surface area contributed by atoms with Crippen molar-refractivity contribution < 1.29 is 19.4 Å². The van der Waals surface area contributed by atoms with Crippen LogP contribution in [0.3, 0.4) is 0 Å². The van der Waals surface area contributed by atoms with Crippen LogP contribution in [0.25, 0.3) is 0 Å². The molecular formula is C15H27N3O4. The maximum Gasteiger partial charge on any atom is 0.410 e. The van der Waals surface area contributed by atoms with Crippen LogP contribution in [0.15, 0.2) is 4.99 Å².